The van der Waals surface area contributed by atoms with Crippen LogP contribution < -0.4 is 5.73 Å². The van der Waals surface area contributed by atoms with Crippen LogP contribution in [-0.4, -0.2) is 10.8 Å². The van der Waals surface area contributed by atoms with Crippen LogP contribution in [0.4, 0.5) is 0 Å². The van der Waals surface area contributed by atoms with Crippen molar-refractivity contribution in [2.75, 3.05) is 0 Å². The van der Waals surface area contributed by atoms with Gasteiger partial charge >= 0.3 is 0 Å². The molecule has 0 radical (unpaired) electrons. The van der Waals surface area contributed by atoms with E-state index in [9.17, 15) is 4.79 Å². The highest BCUT2D eigenvalue weighted by atomic mass is 32.1. The average Bonchev–Trinajstić information content (AvgIpc) is 2.66. The van der Waals surface area contributed by atoms with Crippen molar-refractivity contribution in [2.24, 2.45) is 5.73 Å². The molecular weight excluding hydrogens is 208 g/mol. The number of unbranched alkanes of at least 4 members (excludes halogenated alkanes) is 2. The van der Waals surface area contributed by atoms with E-state index in [1.54, 1.807) is 0 Å². The first-order valence-corrected chi connectivity index (χ1v) is 6.27. The van der Waals surface area contributed by atoms with Crippen LogP contribution in [0.5, 0.6) is 0 Å². The highest BCUT2D eigenvalue weighted by Crippen LogP contribution is 2.17. The molecule has 15 heavy (non-hydrogen) atoms. The van der Waals surface area contributed by atoms with Crippen molar-refractivity contribution in [1.29, 1.82) is 0 Å². The molecule has 1 aromatic heterocycles. The van der Waals surface area contributed by atoms with Gasteiger partial charge in [-0.2, -0.15) is 0 Å². The molecule has 1 heterocycles. The summed E-state index contributed by atoms with van der Waals surface area (Å²) in [7, 11) is 0. The van der Waals surface area contributed by atoms with Gasteiger partial charge in [0, 0.05) is 11.8 Å². The van der Waals surface area contributed by atoms with E-state index in [0.29, 0.717) is 12.1 Å². The molecule has 0 aromatic carbocycles. The molecule has 4 heteroatoms. The number of carbonyl (C=O) groups is 1. The molecule has 0 spiro atoms. The summed E-state index contributed by atoms with van der Waals surface area (Å²) in [5.41, 5.74) is 6.27. The molecule has 1 rings (SSSR count). The van der Waals surface area contributed by atoms with E-state index in [4.69, 9.17) is 5.73 Å². The summed E-state index contributed by atoms with van der Waals surface area (Å²) in [4.78, 5) is 15.9. The van der Waals surface area contributed by atoms with Crippen molar-refractivity contribution in [3.8, 4) is 0 Å². The lowest BCUT2D eigenvalue weighted by Gasteiger charge is -1.98. The fourth-order valence-electron chi connectivity index (χ4n) is 1.29. The molecule has 0 saturated carbocycles. The number of aromatic nitrogens is 1. The summed E-state index contributed by atoms with van der Waals surface area (Å²) in [5, 5.41) is 2.65. The normalized spacial score (nSPS) is 12.7. The van der Waals surface area contributed by atoms with Gasteiger partial charge in [0.2, 0.25) is 0 Å². The van der Waals surface area contributed by atoms with Gasteiger partial charge in [0.1, 0.15) is 10.7 Å². The molecule has 84 valence electrons. The van der Waals surface area contributed by atoms with Gasteiger partial charge in [0.25, 0.3) is 0 Å². The van der Waals surface area contributed by atoms with Crippen LogP contribution in [0.2, 0.25) is 0 Å². The van der Waals surface area contributed by atoms with Crippen LogP contribution in [0.15, 0.2) is 5.38 Å². The molecule has 0 bridgehead atoms. The standard InChI is InChI=1S/C11H18N2OS/c1-3-4-5-6-10(14)9-7-15-11(13-9)8(2)12/h7-8H,3-6,12H2,1-2H3. The first kappa shape index (κ1) is 12.3. The fourth-order valence-corrected chi connectivity index (χ4v) is 2.07. The van der Waals surface area contributed by atoms with E-state index in [1.807, 2.05) is 12.3 Å². The number of nitrogens with zero attached hydrogens (tertiary/aromatic N) is 1. The van der Waals surface area contributed by atoms with E-state index < -0.39 is 0 Å². The Hall–Kier alpha value is -0.740. The third kappa shape index (κ3) is 3.72. The number of rotatable bonds is 6. The van der Waals surface area contributed by atoms with Crippen molar-refractivity contribution >= 4 is 17.1 Å². The molecule has 3 nitrogen and oxygen atoms in total. The Morgan fingerprint density at radius 1 is 1.60 bits per heavy atom. The second-order valence-corrected chi connectivity index (χ2v) is 4.63. The lowest BCUT2D eigenvalue weighted by molar-refractivity contribution is 0.0975. The topological polar surface area (TPSA) is 56.0 Å². The predicted octanol–water partition coefficient (Wildman–Crippen LogP) is 2.93. The van der Waals surface area contributed by atoms with Crippen molar-refractivity contribution < 1.29 is 4.79 Å². The number of Topliss-reactive ketones (excluding diaryl/α,β-unsaturated/α-hetero) is 1. The molecule has 1 unspecified atom stereocenters. The van der Waals surface area contributed by atoms with Crippen LogP contribution >= 0.6 is 11.3 Å². The van der Waals surface area contributed by atoms with E-state index in [1.165, 1.54) is 11.3 Å². The lowest BCUT2D eigenvalue weighted by atomic mass is 10.1. The maximum absolute atomic E-state index is 11.7. The molecule has 0 aliphatic carbocycles. The summed E-state index contributed by atoms with van der Waals surface area (Å²) in [6.45, 7) is 4.01. The number of hydrogen-bond donors (Lipinski definition) is 1. The van der Waals surface area contributed by atoms with E-state index >= 15 is 0 Å². The summed E-state index contributed by atoms with van der Waals surface area (Å²) in [6, 6.07) is -0.0767. The van der Waals surface area contributed by atoms with Crippen molar-refractivity contribution in [1.82, 2.24) is 4.98 Å². The number of carbonyl (C=O) groups excluding carboxylic acids is 1. The molecule has 0 amide bonds. The molecule has 1 aromatic rings. The van der Waals surface area contributed by atoms with Crippen LogP contribution in [0.1, 0.15) is 61.1 Å². The molecular formula is C11H18N2OS. The maximum Gasteiger partial charge on any atom is 0.182 e. The average molecular weight is 226 g/mol. The summed E-state index contributed by atoms with van der Waals surface area (Å²) < 4.78 is 0. The minimum atomic E-state index is -0.0767. The molecule has 1 atom stereocenters. The Morgan fingerprint density at radius 2 is 2.33 bits per heavy atom. The second-order valence-electron chi connectivity index (χ2n) is 3.74. The van der Waals surface area contributed by atoms with Crippen molar-refractivity contribution in [3.63, 3.8) is 0 Å². The second kappa shape index (κ2) is 5.98. The Labute approximate surface area is 94.7 Å². The largest absolute Gasteiger partial charge is 0.322 e. The minimum absolute atomic E-state index is 0.0767. The van der Waals surface area contributed by atoms with Crippen LogP contribution in [-0.2, 0) is 0 Å². The van der Waals surface area contributed by atoms with Gasteiger partial charge in [-0.05, 0) is 13.3 Å². The monoisotopic (exact) mass is 226 g/mol. The first-order chi connectivity index (χ1) is 7.15. The number of nitrogens with two attached hydrogens (primary N) is 1. The van der Waals surface area contributed by atoms with Gasteiger partial charge in [0.15, 0.2) is 5.78 Å². The summed E-state index contributed by atoms with van der Waals surface area (Å²) >= 11 is 1.47. The number of hydrogen-bond acceptors (Lipinski definition) is 4. The third-order valence-corrected chi connectivity index (χ3v) is 3.25. The van der Waals surface area contributed by atoms with E-state index in [2.05, 4.69) is 11.9 Å². The van der Waals surface area contributed by atoms with Gasteiger partial charge in [-0.25, -0.2) is 4.98 Å². The summed E-state index contributed by atoms with van der Waals surface area (Å²) in [6.07, 6.45) is 3.81. The highest BCUT2D eigenvalue weighted by Gasteiger charge is 2.11. The lowest BCUT2D eigenvalue weighted by Crippen LogP contribution is -2.06. The number of thiazole rings is 1. The number of ketones is 1. The van der Waals surface area contributed by atoms with Gasteiger partial charge < -0.3 is 5.73 Å². The first-order valence-electron chi connectivity index (χ1n) is 5.39. The van der Waals surface area contributed by atoms with Gasteiger partial charge in [-0.3, -0.25) is 4.79 Å². The van der Waals surface area contributed by atoms with Crippen LogP contribution in [0.25, 0.3) is 0 Å². The van der Waals surface area contributed by atoms with Gasteiger partial charge in [-0.15, -0.1) is 11.3 Å². The van der Waals surface area contributed by atoms with E-state index in [-0.39, 0.29) is 11.8 Å². The minimum Gasteiger partial charge on any atom is -0.322 e. The van der Waals surface area contributed by atoms with Crippen molar-refractivity contribution in [3.05, 3.63) is 16.1 Å². The Balaban J connectivity index is 2.51. The quantitative estimate of drug-likeness (QED) is 0.599. The Morgan fingerprint density at radius 3 is 2.87 bits per heavy atom. The maximum atomic E-state index is 11.7. The Bertz CT molecular complexity index is 320. The third-order valence-electron chi connectivity index (χ3n) is 2.20. The zero-order valence-corrected chi connectivity index (χ0v) is 10.1. The van der Waals surface area contributed by atoms with E-state index in [0.717, 1.165) is 24.3 Å². The predicted molar refractivity (Wildman–Crippen MR) is 63.2 cm³/mol. The molecule has 0 aliphatic heterocycles. The van der Waals surface area contributed by atoms with Crippen LogP contribution in [0, 0.1) is 0 Å². The molecule has 2 N–H and O–H groups in total. The fraction of sp³-hybridized carbons (Fsp3) is 0.636. The zero-order valence-electron chi connectivity index (χ0n) is 9.32. The van der Waals surface area contributed by atoms with Crippen molar-refractivity contribution in [2.45, 2.75) is 45.6 Å². The highest BCUT2D eigenvalue weighted by molar-refractivity contribution is 7.09. The molecule has 0 aliphatic rings. The van der Waals surface area contributed by atoms with Gasteiger partial charge in [-0.1, -0.05) is 19.8 Å². The SMILES string of the molecule is CCCCCC(=O)c1csc(C(C)N)n1. The zero-order chi connectivity index (χ0) is 11.3. The molecule has 0 fully saturated rings. The van der Waals surface area contributed by atoms with Crippen LogP contribution in [0.3, 0.4) is 0 Å². The smallest absolute Gasteiger partial charge is 0.182 e. The molecule has 0 saturated heterocycles. The summed E-state index contributed by atoms with van der Waals surface area (Å²) in [5.74, 6) is 0.145. The van der Waals surface area contributed by atoms with Gasteiger partial charge in [0.05, 0.1) is 6.04 Å². The Kier molecular flexibility index (Phi) is 4.91.